The molecule has 0 aromatic heterocycles. The topological polar surface area (TPSA) is 109 Å². The normalized spacial score (nSPS) is 31.1. The van der Waals surface area contributed by atoms with Gasteiger partial charge in [0.1, 0.15) is 12.0 Å². The highest BCUT2D eigenvalue weighted by Gasteiger charge is 2.55. The molecule has 2 unspecified atom stereocenters. The number of hydrogen-bond acceptors (Lipinski definition) is 6. The number of aliphatic hydroxyl groups is 1. The molecule has 1 aliphatic heterocycles. The number of amides is 2. The number of rotatable bonds is 7. The molecule has 8 nitrogen and oxygen atoms in total. The molecule has 10 heteroatoms. The van der Waals surface area contributed by atoms with Crippen molar-refractivity contribution in [2.75, 3.05) is 13.2 Å². The van der Waals surface area contributed by atoms with Crippen molar-refractivity contribution in [3.05, 3.63) is 64.1 Å². The number of carbonyl (C=O) groups is 2. The molecule has 2 amide bonds. The van der Waals surface area contributed by atoms with E-state index < -0.39 is 23.3 Å². The van der Waals surface area contributed by atoms with Crippen LogP contribution in [-0.4, -0.2) is 53.4 Å². The summed E-state index contributed by atoms with van der Waals surface area (Å²) >= 11 is 11.9. The van der Waals surface area contributed by atoms with Crippen LogP contribution >= 0.6 is 23.2 Å². The van der Waals surface area contributed by atoms with Gasteiger partial charge in [-0.25, -0.2) is 0 Å². The highest BCUT2D eigenvalue weighted by molar-refractivity contribution is 6.42. The Morgan fingerprint density at radius 2 is 1.81 bits per heavy atom. The molecule has 3 saturated carbocycles. The van der Waals surface area contributed by atoms with Crippen LogP contribution in [0, 0.1) is 0 Å². The highest BCUT2D eigenvalue weighted by Crippen LogP contribution is 2.47. The number of benzene rings is 2. The van der Waals surface area contributed by atoms with Crippen LogP contribution in [0.25, 0.3) is 0 Å². The molecule has 0 spiro atoms. The van der Waals surface area contributed by atoms with E-state index in [0.29, 0.717) is 54.4 Å². The summed E-state index contributed by atoms with van der Waals surface area (Å²) in [5.74, 6) is -0.0673. The van der Waals surface area contributed by atoms with E-state index >= 15 is 0 Å². The predicted molar refractivity (Wildman–Crippen MR) is 135 cm³/mol. The van der Waals surface area contributed by atoms with Crippen LogP contribution in [0.3, 0.4) is 0 Å². The molecule has 6 rings (SSSR count). The molecule has 3 aliphatic carbocycles. The van der Waals surface area contributed by atoms with Gasteiger partial charge in [-0.15, -0.1) is 0 Å². The molecule has 36 heavy (non-hydrogen) atoms. The zero-order chi connectivity index (χ0) is 25.3. The Labute approximate surface area is 219 Å². The molecule has 1 saturated heterocycles. The molecule has 0 radical (unpaired) electrons. The summed E-state index contributed by atoms with van der Waals surface area (Å²) in [6.45, 7) is 0.214. The van der Waals surface area contributed by atoms with Crippen molar-refractivity contribution in [3.63, 3.8) is 0 Å². The lowest BCUT2D eigenvalue weighted by atomic mass is 9.60. The Bertz CT molecular complexity index is 1120. The lowest BCUT2D eigenvalue weighted by Gasteiger charge is -2.56. The van der Waals surface area contributed by atoms with Gasteiger partial charge in [0.05, 0.1) is 21.7 Å². The first kappa shape index (κ1) is 25.3. The van der Waals surface area contributed by atoms with Crippen LogP contribution < -0.4 is 20.7 Å². The zero-order valence-electron chi connectivity index (χ0n) is 19.6. The molecule has 4 N–H and O–H groups in total. The maximum Gasteiger partial charge on any atom is 0.258 e. The Kier molecular flexibility index (Phi) is 7.16. The smallest absolute Gasteiger partial charge is 0.258 e. The number of hydrogen-bond donors (Lipinski definition) is 4. The standard InChI is InChI=1S/C26H29Cl2N3O5/c27-18-7-6-17(12-19(18)28)35-15-22(33)30-26-10-8-25(9-11-26,13-21(26)32)31-23(34)20-14-29-24(36-20)16-4-2-1-3-5-16/h1-7,12,20-21,24,29,32H,8-11,13-15H2,(H,30,33)(H,31,34)/t20?,21-,24?,25?,26?/m0/s1. The van der Waals surface area contributed by atoms with Crippen LogP contribution in [0.2, 0.25) is 10.0 Å². The van der Waals surface area contributed by atoms with E-state index in [-0.39, 0.29) is 24.6 Å². The summed E-state index contributed by atoms with van der Waals surface area (Å²) in [6, 6.07) is 14.5. The Balaban J connectivity index is 1.13. The largest absolute Gasteiger partial charge is 0.484 e. The molecular formula is C26H29Cl2N3O5. The van der Waals surface area contributed by atoms with Crippen LogP contribution in [0.1, 0.15) is 43.9 Å². The van der Waals surface area contributed by atoms with E-state index in [2.05, 4.69) is 16.0 Å². The minimum atomic E-state index is -0.783. The lowest BCUT2D eigenvalue weighted by Crippen LogP contribution is -2.71. The summed E-state index contributed by atoms with van der Waals surface area (Å²) in [5.41, 5.74) is -0.261. The third-order valence-electron chi connectivity index (χ3n) is 7.54. The summed E-state index contributed by atoms with van der Waals surface area (Å²) < 4.78 is 11.5. The lowest BCUT2D eigenvalue weighted by molar-refractivity contribution is -0.141. The summed E-state index contributed by atoms with van der Waals surface area (Å²) in [6.07, 6.45) is 1.10. The van der Waals surface area contributed by atoms with Crippen LogP contribution in [0.5, 0.6) is 5.75 Å². The fraction of sp³-hybridized carbons (Fsp3) is 0.462. The molecule has 4 aliphatic rings. The van der Waals surface area contributed by atoms with Gasteiger partial charge >= 0.3 is 0 Å². The fourth-order valence-corrected chi connectivity index (χ4v) is 5.77. The van der Waals surface area contributed by atoms with Gasteiger partial charge in [0.25, 0.3) is 11.8 Å². The van der Waals surface area contributed by atoms with Gasteiger partial charge in [-0.1, -0.05) is 53.5 Å². The predicted octanol–water partition coefficient (Wildman–Crippen LogP) is 3.11. The first-order valence-corrected chi connectivity index (χ1v) is 12.9. The van der Waals surface area contributed by atoms with Crippen molar-refractivity contribution < 1.29 is 24.2 Å². The number of aliphatic hydroxyl groups excluding tert-OH is 1. The van der Waals surface area contributed by atoms with Gasteiger partial charge in [-0.05, 0) is 49.8 Å². The minimum absolute atomic E-state index is 0.179. The quantitative estimate of drug-likeness (QED) is 0.435. The van der Waals surface area contributed by atoms with E-state index in [0.717, 1.165) is 5.56 Å². The molecule has 3 atom stereocenters. The summed E-state index contributed by atoms with van der Waals surface area (Å²) in [7, 11) is 0. The van der Waals surface area contributed by atoms with E-state index in [1.807, 2.05) is 30.3 Å². The molecule has 192 valence electrons. The van der Waals surface area contributed by atoms with Crippen LogP contribution in [-0.2, 0) is 14.3 Å². The minimum Gasteiger partial charge on any atom is -0.484 e. The average Bonchev–Trinajstić information content (AvgIpc) is 3.37. The second-order valence-electron chi connectivity index (χ2n) is 9.88. The number of ether oxygens (including phenoxy) is 2. The van der Waals surface area contributed by atoms with E-state index in [1.54, 1.807) is 18.2 Å². The van der Waals surface area contributed by atoms with Crippen molar-refractivity contribution in [1.82, 2.24) is 16.0 Å². The van der Waals surface area contributed by atoms with Gasteiger partial charge in [-0.3, -0.25) is 14.9 Å². The fourth-order valence-electron chi connectivity index (χ4n) is 5.49. The summed E-state index contributed by atoms with van der Waals surface area (Å²) in [4.78, 5) is 25.7. The second-order valence-corrected chi connectivity index (χ2v) is 10.7. The van der Waals surface area contributed by atoms with Gasteiger partial charge in [0.15, 0.2) is 12.7 Å². The van der Waals surface area contributed by atoms with Crippen molar-refractivity contribution >= 4 is 35.0 Å². The van der Waals surface area contributed by atoms with Gasteiger partial charge in [0, 0.05) is 18.2 Å². The summed E-state index contributed by atoms with van der Waals surface area (Å²) in [5, 5.41) is 21.2. The maximum absolute atomic E-state index is 13.0. The number of fused-ring (bicyclic) bond motifs is 3. The Morgan fingerprint density at radius 3 is 2.50 bits per heavy atom. The monoisotopic (exact) mass is 533 g/mol. The molecule has 2 aromatic rings. The first-order valence-electron chi connectivity index (χ1n) is 12.1. The SMILES string of the molecule is O=C(COc1ccc(Cl)c(Cl)c1)NC12CCC(NC(=O)C3CNC(c4ccccc4)O3)(CC1)C[C@@H]2O. The van der Waals surface area contributed by atoms with Gasteiger partial charge in [0.2, 0.25) is 0 Å². The van der Waals surface area contributed by atoms with E-state index in [4.69, 9.17) is 32.7 Å². The molecule has 2 aromatic carbocycles. The molecule has 2 bridgehead atoms. The van der Waals surface area contributed by atoms with Crippen molar-refractivity contribution in [2.45, 2.75) is 61.6 Å². The average molecular weight is 534 g/mol. The van der Waals surface area contributed by atoms with Crippen molar-refractivity contribution in [1.29, 1.82) is 0 Å². The highest BCUT2D eigenvalue weighted by atomic mass is 35.5. The van der Waals surface area contributed by atoms with Crippen LogP contribution in [0.15, 0.2) is 48.5 Å². The number of nitrogens with one attached hydrogen (secondary N) is 3. The van der Waals surface area contributed by atoms with Crippen molar-refractivity contribution in [2.24, 2.45) is 0 Å². The Morgan fingerprint density at radius 1 is 1.06 bits per heavy atom. The maximum atomic E-state index is 13.0. The Hall–Kier alpha value is -2.36. The first-order chi connectivity index (χ1) is 17.3. The molecule has 1 heterocycles. The van der Waals surface area contributed by atoms with Gasteiger partial charge < -0.3 is 25.2 Å². The zero-order valence-corrected chi connectivity index (χ0v) is 21.1. The second kappa shape index (κ2) is 10.2. The van der Waals surface area contributed by atoms with Gasteiger partial charge in [-0.2, -0.15) is 0 Å². The number of halogens is 2. The van der Waals surface area contributed by atoms with E-state index in [9.17, 15) is 14.7 Å². The molecule has 4 fully saturated rings. The third kappa shape index (κ3) is 5.19. The number of carbonyl (C=O) groups excluding carboxylic acids is 2. The van der Waals surface area contributed by atoms with E-state index in [1.165, 1.54) is 0 Å². The van der Waals surface area contributed by atoms with Crippen molar-refractivity contribution in [3.8, 4) is 5.75 Å². The van der Waals surface area contributed by atoms with Crippen LogP contribution in [0.4, 0.5) is 0 Å². The third-order valence-corrected chi connectivity index (χ3v) is 8.28. The molecular weight excluding hydrogens is 505 g/mol.